The second-order valence-corrected chi connectivity index (χ2v) is 4.53. The van der Waals surface area contributed by atoms with Crippen molar-refractivity contribution in [3.63, 3.8) is 0 Å². The minimum absolute atomic E-state index is 0.191. The van der Waals surface area contributed by atoms with E-state index in [1.165, 1.54) is 12.0 Å². The molecule has 1 amide bonds. The Morgan fingerprint density at radius 3 is 3.00 bits per heavy atom. The van der Waals surface area contributed by atoms with Crippen molar-refractivity contribution >= 4 is 5.91 Å². The molecule has 3 nitrogen and oxygen atoms in total. The monoisotopic (exact) mass is 219 g/mol. The summed E-state index contributed by atoms with van der Waals surface area (Å²) >= 11 is 0. The summed E-state index contributed by atoms with van der Waals surface area (Å²) in [6, 6.07) is 4.44. The molecule has 0 unspecified atom stereocenters. The van der Waals surface area contributed by atoms with Crippen LogP contribution in [0.5, 0.6) is 0 Å². The van der Waals surface area contributed by atoms with Gasteiger partial charge in [0.05, 0.1) is 6.04 Å². The SMILES string of the molecule is CC(=O)N1CCCC[C@@H]1c1ccc[n+](C)c1. The first-order valence-corrected chi connectivity index (χ1v) is 5.91. The zero-order chi connectivity index (χ0) is 11.5. The number of carbonyl (C=O) groups excluding carboxylic acids is 1. The van der Waals surface area contributed by atoms with Crippen molar-refractivity contribution in [2.45, 2.75) is 32.2 Å². The summed E-state index contributed by atoms with van der Waals surface area (Å²) in [4.78, 5) is 13.6. The summed E-state index contributed by atoms with van der Waals surface area (Å²) in [6.45, 7) is 2.57. The zero-order valence-corrected chi connectivity index (χ0v) is 10.0. The largest absolute Gasteiger partial charge is 0.336 e. The van der Waals surface area contributed by atoms with Gasteiger partial charge >= 0.3 is 0 Å². The second kappa shape index (κ2) is 4.64. The molecule has 1 aliphatic heterocycles. The lowest BCUT2D eigenvalue weighted by Gasteiger charge is -2.34. The lowest BCUT2D eigenvalue weighted by atomic mass is 9.96. The van der Waals surface area contributed by atoms with E-state index in [4.69, 9.17) is 0 Å². The number of piperidine rings is 1. The minimum atomic E-state index is 0.191. The van der Waals surface area contributed by atoms with Crippen LogP contribution in [0.3, 0.4) is 0 Å². The van der Waals surface area contributed by atoms with Gasteiger partial charge < -0.3 is 4.90 Å². The summed E-state index contributed by atoms with van der Waals surface area (Å²) < 4.78 is 2.04. The van der Waals surface area contributed by atoms with Gasteiger partial charge in [-0.05, 0) is 25.3 Å². The average Bonchev–Trinajstić information content (AvgIpc) is 2.29. The van der Waals surface area contributed by atoms with Crippen LogP contribution in [0, 0.1) is 0 Å². The number of aromatic nitrogens is 1. The van der Waals surface area contributed by atoms with Crippen molar-refractivity contribution < 1.29 is 9.36 Å². The fourth-order valence-electron chi connectivity index (χ4n) is 2.46. The molecule has 0 bridgehead atoms. The van der Waals surface area contributed by atoms with Crippen molar-refractivity contribution in [1.29, 1.82) is 0 Å². The van der Waals surface area contributed by atoms with E-state index in [9.17, 15) is 4.79 Å². The molecule has 1 aromatic rings. The van der Waals surface area contributed by atoms with E-state index in [2.05, 4.69) is 12.3 Å². The molecular weight excluding hydrogens is 200 g/mol. The first-order valence-electron chi connectivity index (χ1n) is 5.91. The van der Waals surface area contributed by atoms with Gasteiger partial charge in [0.1, 0.15) is 7.05 Å². The number of pyridine rings is 1. The quantitative estimate of drug-likeness (QED) is 0.658. The maximum Gasteiger partial charge on any atom is 0.219 e. The number of aryl methyl sites for hydroxylation is 1. The second-order valence-electron chi connectivity index (χ2n) is 4.53. The van der Waals surface area contributed by atoms with Gasteiger partial charge in [-0.1, -0.05) is 0 Å². The molecule has 1 fully saturated rings. The Bertz CT molecular complexity index is 389. The first kappa shape index (κ1) is 11.1. The molecule has 0 aliphatic carbocycles. The Morgan fingerprint density at radius 1 is 1.50 bits per heavy atom. The smallest absolute Gasteiger partial charge is 0.219 e. The number of amides is 1. The number of rotatable bonds is 1. The Labute approximate surface area is 96.7 Å². The van der Waals surface area contributed by atoms with Gasteiger partial charge in [-0.2, -0.15) is 0 Å². The van der Waals surface area contributed by atoms with Crippen molar-refractivity contribution in [2.24, 2.45) is 7.05 Å². The van der Waals surface area contributed by atoms with Crippen LogP contribution < -0.4 is 4.57 Å². The summed E-state index contributed by atoms with van der Waals surface area (Å²) in [5.41, 5.74) is 1.25. The molecule has 16 heavy (non-hydrogen) atoms. The molecule has 3 heteroatoms. The fourth-order valence-corrected chi connectivity index (χ4v) is 2.46. The van der Waals surface area contributed by atoms with Gasteiger partial charge in [0, 0.05) is 25.1 Å². The molecule has 2 heterocycles. The van der Waals surface area contributed by atoms with Crippen LogP contribution in [-0.4, -0.2) is 17.4 Å². The van der Waals surface area contributed by atoms with E-state index in [1.807, 2.05) is 28.8 Å². The van der Waals surface area contributed by atoms with Crippen molar-refractivity contribution in [1.82, 2.24) is 4.90 Å². The molecule has 0 saturated carbocycles. The van der Waals surface area contributed by atoms with E-state index in [0.29, 0.717) is 0 Å². The molecule has 1 atom stereocenters. The average molecular weight is 219 g/mol. The van der Waals surface area contributed by atoms with Crippen molar-refractivity contribution in [2.75, 3.05) is 6.54 Å². The summed E-state index contributed by atoms with van der Waals surface area (Å²) in [5.74, 6) is 0.191. The summed E-state index contributed by atoms with van der Waals surface area (Å²) in [6.07, 6.45) is 7.57. The predicted molar refractivity (Wildman–Crippen MR) is 61.6 cm³/mol. The third-order valence-electron chi connectivity index (χ3n) is 3.25. The topological polar surface area (TPSA) is 24.2 Å². The van der Waals surface area contributed by atoms with Gasteiger partial charge in [-0.25, -0.2) is 4.57 Å². The first-order chi connectivity index (χ1) is 7.68. The molecule has 0 N–H and O–H groups in total. The van der Waals surface area contributed by atoms with Crippen LogP contribution in [0.2, 0.25) is 0 Å². The molecule has 0 spiro atoms. The van der Waals surface area contributed by atoms with Gasteiger partial charge in [-0.3, -0.25) is 4.79 Å². The molecule has 86 valence electrons. The number of hydrogen-bond acceptors (Lipinski definition) is 1. The molecule has 1 aliphatic rings. The highest BCUT2D eigenvalue weighted by molar-refractivity contribution is 5.73. The Balaban J connectivity index is 2.26. The van der Waals surface area contributed by atoms with E-state index in [1.54, 1.807) is 6.92 Å². The number of nitrogens with zero attached hydrogens (tertiary/aromatic N) is 2. The maximum atomic E-state index is 11.6. The Morgan fingerprint density at radius 2 is 2.31 bits per heavy atom. The maximum absolute atomic E-state index is 11.6. The molecule has 0 radical (unpaired) electrons. The molecule has 2 rings (SSSR count). The highest BCUT2D eigenvalue weighted by Crippen LogP contribution is 2.29. The van der Waals surface area contributed by atoms with Crippen LogP contribution in [-0.2, 0) is 11.8 Å². The molecular formula is C13H19N2O+. The normalized spacial score (nSPS) is 20.9. The third kappa shape index (κ3) is 2.23. The summed E-state index contributed by atoms with van der Waals surface area (Å²) in [7, 11) is 2.02. The van der Waals surface area contributed by atoms with E-state index < -0.39 is 0 Å². The van der Waals surface area contributed by atoms with E-state index in [0.717, 1.165) is 19.4 Å². The van der Waals surface area contributed by atoms with Crippen LogP contribution in [0.15, 0.2) is 24.5 Å². The van der Waals surface area contributed by atoms with Crippen LogP contribution >= 0.6 is 0 Å². The zero-order valence-electron chi connectivity index (χ0n) is 10.0. The Hall–Kier alpha value is -1.38. The third-order valence-corrected chi connectivity index (χ3v) is 3.25. The molecule has 1 aromatic heterocycles. The number of hydrogen-bond donors (Lipinski definition) is 0. The number of carbonyl (C=O) groups is 1. The van der Waals surface area contributed by atoms with Crippen molar-refractivity contribution in [3.8, 4) is 0 Å². The van der Waals surface area contributed by atoms with Crippen LogP contribution in [0.25, 0.3) is 0 Å². The van der Waals surface area contributed by atoms with E-state index >= 15 is 0 Å². The Kier molecular flexibility index (Phi) is 3.22. The predicted octanol–water partition coefficient (Wildman–Crippen LogP) is 1.58. The van der Waals surface area contributed by atoms with E-state index in [-0.39, 0.29) is 11.9 Å². The fraction of sp³-hybridized carbons (Fsp3) is 0.538. The lowest BCUT2D eigenvalue weighted by molar-refractivity contribution is -0.672. The summed E-state index contributed by atoms with van der Waals surface area (Å²) in [5, 5.41) is 0. The highest BCUT2D eigenvalue weighted by atomic mass is 16.2. The number of likely N-dealkylation sites (tertiary alicyclic amines) is 1. The minimum Gasteiger partial charge on any atom is -0.336 e. The standard InChI is InChI=1S/C13H19N2O/c1-11(16)15-9-4-3-7-13(15)12-6-5-8-14(2)10-12/h5-6,8,10,13H,3-4,7,9H2,1-2H3/q+1/t13-/m1/s1. The van der Waals surface area contributed by atoms with Crippen LogP contribution in [0.4, 0.5) is 0 Å². The molecule has 0 aromatic carbocycles. The highest BCUT2D eigenvalue weighted by Gasteiger charge is 2.26. The van der Waals surface area contributed by atoms with Crippen molar-refractivity contribution in [3.05, 3.63) is 30.1 Å². The molecule has 1 saturated heterocycles. The van der Waals surface area contributed by atoms with Crippen LogP contribution in [0.1, 0.15) is 37.8 Å². The van der Waals surface area contributed by atoms with Gasteiger partial charge in [0.2, 0.25) is 5.91 Å². The van der Waals surface area contributed by atoms with Gasteiger partial charge in [-0.15, -0.1) is 0 Å². The van der Waals surface area contributed by atoms with Gasteiger partial charge in [0.25, 0.3) is 0 Å². The van der Waals surface area contributed by atoms with Gasteiger partial charge in [0.15, 0.2) is 12.4 Å². The lowest BCUT2D eigenvalue weighted by Crippen LogP contribution is -2.38.